The fraction of sp³-hybridized carbons (Fsp3) is 1.00. The molecule has 0 spiro atoms. The third kappa shape index (κ3) is 18.5. The molecule has 0 radical (unpaired) electrons. The molecule has 0 aromatic heterocycles. The number of hydrogen-bond acceptors (Lipinski definition) is 3. The Morgan fingerprint density at radius 1 is 0.600 bits per heavy atom. The van der Waals surface area contributed by atoms with E-state index < -0.39 is 12.1 Å². The van der Waals surface area contributed by atoms with Gasteiger partial charge in [-0.1, -0.05) is 116 Å². The van der Waals surface area contributed by atoms with Crippen LogP contribution in [-0.2, 0) is 0 Å². The Balaban J connectivity index is 3.07. The number of unbranched alkanes of at least 4 members (excludes halogenated alkanes) is 16. The first-order valence-electron chi connectivity index (χ1n) is 11.3. The maximum atomic E-state index is 9.66. The predicted octanol–water partition coefficient (Wildman–Crippen LogP) is 5.71. The number of rotatable bonds is 20. The van der Waals surface area contributed by atoms with Gasteiger partial charge in [-0.25, -0.2) is 0 Å². The van der Waals surface area contributed by atoms with Crippen LogP contribution in [0.3, 0.4) is 0 Å². The molecule has 3 nitrogen and oxygen atoms in total. The lowest BCUT2D eigenvalue weighted by molar-refractivity contribution is 0.0990. The van der Waals surface area contributed by atoms with E-state index in [1.165, 1.54) is 103 Å². The fourth-order valence-corrected chi connectivity index (χ4v) is 3.41. The zero-order valence-electron chi connectivity index (χ0n) is 17.1. The zero-order valence-corrected chi connectivity index (χ0v) is 17.1. The molecular formula is C22H47NO2. The molecule has 0 rings (SSSR count). The highest BCUT2D eigenvalue weighted by atomic mass is 16.3. The highest BCUT2D eigenvalue weighted by Gasteiger charge is 2.12. The highest BCUT2D eigenvalue weighted by molar-refractivity contribution is 4.70. The molecule has 152 valence electrons. The van der Waals surface area contributed by atoms with Crippen molar-refractivity contribution in [2.45, 2.75) is 135 Å². The van der Waals surface area contributed by atoms with E-state index in [0.717, 1.165) is 12.8 Å². The monoisotopic (exact) mass is 357 g/mol. The lowest BCUT2D eigenvalue weighted by atomic mass is 10.0. The van der Waals surface area contributed by atoms with Gasteiger partial charge in [-0.2, -0.15) is 0 Å². The molecule has 0 amide bonds. The topological polar surface area (TPSA) is 66.5 Å². The average Bonchev–Trinajstić information content (AvgIpc) is 2.63. The maximum absolute atomic E-state index is 9.66. The van der Waals surface area contributed by atoms with Gasteiger partial charge in [0.2, 0.25) is 0 Å². The van der Waals surface area contributed by atoms with Crippen LogP contribution in [0.25, 0.3) is 0 Å². The third-order valence-corrected chi connectivity index (χ3v) is 5.31. The fourth-order valence-electron chi connectivity index (χ4n) is 3.41. The van der Waals surface area contributed by atoms with E-state index in [-0.39, 0.29) is 6.61 Å². The van der Waals surface area contributed by atoms with Crippen LogP contribution >= 0.6 is 0 Å². The second kappa shape index (κ2) is 20.2. The molecule has 4 N–H and O–H groups in total. The summed E-state index contributed by atoms with van der Waals surface area (Å²) in [6, 6.07) is -0.471. The van der Waals surface area contributed by atoms with Crippen LogP contribution < -0.4 is 5.73 Å². The quantitative estimate of drug-likeness (QED) is 0.244. The minimum Gasteiger partial charge on any atom is -0.395 e. The molecule has 0 heterocycles. The van der Waals surface area contributed by atoms with Crippen molar-refractivity contribution >= 4 is 0 Å². The molecule has 0 aliphatic carbocycles. The van der Waals surface area contributed by atoms with Crippen molar-refractivity contribution in [3.05, 3.63) is 0 Å². The normalized spacial score (nSPS) is 13.9. The molecule has 0 aromatic rings. The molecule has 25 heavy (non-hydrogen) atoms. The molecule has 0 saturated heterocycles. The first-order chi connectivity index (χ1) is 12.2. The SMILES string of the molecule is CCCCCCCCCCCCCCCCCCCC(O)C(N)CO. The van der Waals surface area contributed by atoms with Gasteiger partial charge in [-0.05, 0) is 6.42 Å². The third-order valence-electron chi connectivity index (χ3n) is 5.31. The van der Waals surface area contributed by atoms with E-state index in [1.807, 2.05) is 0 Å². The van der Waals surface area contributed by atoms with Crippen molar-refractivity contribution in [3.63, 3.8) is 0 Å². The van der Waals surface area contributed by atoms with Crippen LogP contribution in [0.5, 0.6) is 0 Å². The van der Waals surface area contributed by atoms with Crippen molar-refractivity contribution in [1.29, 1.82) is 0 Å². The highest BCUT2D eigenvalue weighted by Crippen LogP contribution is 2.14. The first-order valence-corrected chi connectivity index (χ1v) is 11.3. The van der Waals surface area contributed by atoms with E-state index in [4.69, 9.17) is 10.8 Å². The van der Waals surface area contributed by atoms with E-state index in [9.17, 15) is 5.11 Å². The summed E-state index contributed by atoms with van der Waals surface area (Å²) in [7, 11) is 0. The maximum Gasteiger partial charge on any atom is 0.0713 e. The number of aliphatic hydroxyl groups excluding tert-OH is 2. The molecule has 0 aliphatic heterocycles. The van der Waals surface area contributed by atoms with Gasteiger partial charge in [-0.15, -0.1) is 0 Å². The van der Waals surface area contributed by atoms with Gasteiger partial charge in [0.05, 0.1) is 18.8 Å². The summed E-state index contributed by atoms with van der Waals surface area (Å²) in [5, 5.41) is 18.5. The average molecular weight is 358 g/mol. The zero-order chi connectivity index (χ0) is 18.6. The van der Waals surface area contributed by atoms with Gasteiger partial charge >= 0.3 is 0 Å². The first kappa shape index (κ1) is 24.9. The minimum atomic E-state index is -0.540. The van der Waals surface area contributed by atoms with Crippen LogP contribution in [0.15, 0.2) is 0 Å². The Hall–Kier alpha value is -0.120. The van der Waals surface area contributed by atoms with Crippen molar-refractivity contribution < 1.29 is 10.2 Å². The van der Waals surface area contributed by atoms with Crippen molar-refractivity contribution in [1.82, 2.24) is 0 Å². The minimum absolute atomic E-state index is 0.125. The van der Waals surface area contributed by atoms with Gasteiger partial charge in [0.15, 0.2) is 0 Å². The Bertz CT molecular complexity index is 248. The van der Waals surface area contributed by atoms with Crippen LogP contribution in [0.1, 0.15) is 122 Å². The summed E-state index contributed by atoms with van der Waals surface area (Å²) < 4.78 is 0. The molecule has 3 heteroatoms. The van der Waals surface area contributed by atoms with Crippen molar-refractivity contribution in [2.24, 2.45) is 5.73 Å². The van der Waals surface area contributed by atoms with E-state index >= 15 is 0 Å². The lowest BCUT2D eigenvalue weighted by Gasteiger charge is -2.15. The van der Waals surface area contributed by atoms with Crippen molar-refractivity contribution in [3.8, 4) is 0 Å². The second-order valence-corrected chi connectivity index (χ2v) is 7.86. The van der Waals surface area contributed by atoms with Crippen LogP contribution in [-0.4, -0.2) is 29.0 Å². The smallest absolute Gasteiger partial charge is 0.0713 e. The summed E-state index contributed by atoms with van der Waals surface area (Å²) in [6.45, 7) is 2.16. The molecule has 2 unspecified atom stereocenters. The summed E-state index contributed by atoms with van der Waals surface area (Å²) in [6.07, 6.45) is 23.4. The molecule has 0 bridgehead atoms. The van der Waals surface area contributed by atoms with Gasteiger partial charge in [0, 0.05) is 0 Å². The van der Waals surface area contributed by atoms with Gasteiger partial charge in [0.1, 0.15) is 0 Å². The van der Waals surface area contributed by atoms with Crippen molar-refractivity contribution in [2.75, 3.05) is 6.61 Å². The lowest BCUT2D eigenvalue weighted by Crippen LogP contribution is -2.37. The number of hydrogen-bond donors (Lipinski definition) is 3. The predicted molar refractivity (Wildman–Crippen MR) is 110 cm³/mol. The Kier molecular flexibility index (Phi) is 20.1. The van der Waals surface area contributed by atoms with E-state index in [2.05, 4.69) is 6.92 Å². The van der Waals surface area contributed by atoms with E-state index in [0.29, 0.717) is 0 Å². The summed E-state index contributed by atoms with van der Waals surface area (Å²) in [5.41, 5.74) is 5.59. The van der Waals surface area contributed by atoms with Crippen LogP contribution in [0, 0.1) is 0 Å². The van der Waals surface area contributed by atoms with Gasteiger partial charge in [0.25, 0.3) is 0 Å². The number of nitrogens with two attached hydrogens (primary N) is 1. The largest absolute Gasteiger partial charge is 0.395 e. The number of aliphatic hydroxyl groups is 2. The molecule has 0 saturated carbocycles. The molecule has 0 aliphatic rings. The molecule has 0 fully saturated rings. The summed E-state index contributed by atoms with van der Waals surface area (Å²) in [4.78, 5) is 0. The Morgan fingerprint density at radius 2 is 0.920 bits per heavy atom. The molecule has 0 aromatic carbocycles. The van der Waals surface area contributed by atoms with Gasteiger partial charge < -0.3 is 15.9 Å². The van der Waals surface area contributed by atoms with Crippen LogP contribution in [0.4, 0.5) is 0 Å². The second-order valence-electron chi connectivity index (χ2n) is 7.86. The summed E-state index contributed by atoms with van der Waals surface area (Å²) >= 11 is 0. The Labute approximate surface area is 157 Å². The van der Waals surface area contributed by atoms with Crippen LogP contribution in [0.2, 0.25) is 0 Å². The molecule has 2 atom stereocenters. The van der Waals surface area contributed by atoms with Gasteiger partial charge in [-0.3, -0.25) is 0 Å². The standard InChI is InChI=1S/C22H47NO2/c1-2-3-4-5-6-7-8-9-10-11-12-13-14-15-16-17-18-19-22(25)21(23)20-24/h21-22,24-25H,2-20,23H2,1H3. The summed E-state index contributed by atoms with van der Waals surface area (Å²) in [5.74, 6) is 0. The Morgan fingerprint density at radius 3 is 1.24 bits per heavy atom. The van der Waals surface area contributed by atoms with E-state index in [1.54, 1.807) is 0 Å². The molecular weight excluding hydrogens is 310 g/mol.